The lowest BCUT2D eigenvalue weighted by atomic mass is 9.78. The molecule has 3 heterocycles. The molecule has 0 aromatic heterocycles. The summed E-state index contributed by atoms with van der Waals surface area (Å²) in [5.74, 6) is 0.848. The van der Waals surface area contributed by atoms with Crippen LogP contribution in [0.2, 0.25) is 0 Å². The van der Waals surface area contributed by atoms with Gasteiger partial charge in [0.15, 0.2) is 0 Å². The van der Waals surface area contributed by atoms with Crippen LogP contribution in [0.15, 0.2) is 18.2 Å². The van der Waals surface area contributed by atoms with E-state index < -0.39 is 5.60 Å². The van der Waals surface area contributed by atoms with E-state index in [0.29, 0.717) is 17.9 Å². The first-order valence-corrected chi connectivity index (χ1v) is 13.3. The van der Waals surface area contributed by atoms with Gasteiger partial charge in [0.05, 0.1) is 0 Å². The number of piperidine rings is 1. The summed E-state index contributed by atoms with van der Waals surface area (Å²) in [6, 6.07) is 6.11. The van der Waals surface area contributed by atoms with Gasteiger partial charge in [0, 0.05) is 37.8 Å². The van der Waals surface area contributed by atoms with Crippen molar-refractivity contribution in [1.29, 1.82) is 0 Å². The van der Waals surface area contributed by atoms with E-state index in [4.69, 9.17) is 9.47 Å². The van der Waals surface area contributed by atoms with E-state index in [1.54, 1.807) is 6.07 Å². The minimum Gasteiger partial charge on any atom is -0.444 e. The molecule has 4 aliphatic rings. The number of carbonyl (C=O) groups is 1. The first-order chi connectivity index (χ1) is 16.2. The van der Waals surface area contributed by atoms with Gasteiger partial charge in [-0.25, -0.2) is 9.18 Å². The fourth-order valence-electron chi connectivity index (χ4n) is 6.85. The van der Waals surface area contributed by atoms with Gasteiger partial charge in [0.25, 0.3) is 0 Å². The Hall–Kier alpha value is -1.66. The second-order valence-electron chi connectivity index (χ2n) is 12.2. The molecule has 1 aliphatic carbocycles. The van der Waals surface area contributed by atoms with Crippen molar-refractivity contribution >= 4 is 6.09 Å². The summed E-state index contributed by atoms with van der Waals surface area (Å²) < 4.78 is 25.3. The molecule has 1 aromatic rings. The number of rotatable bonds is 3. The summed E-state index contributed by atoms with van der Waals surface area (Å²) in [4.78, 5) is 16.9. The van der Waals surface area contributed by atoms with E-state index >= 15 is 0 Å². The zero-order valence-electron chi connectivity index (χ0n) is 21.2. The molecule has 3 saturated heterocycles. The molecule has 0 N–H and O–H groups in total. The maximum Gasteiger partial charge on any atom is 0.410 e. The SMILES string of the molecule is CC(C)(C)OC(=O)N1CC2(CC[C@@H](N3CCC(c4cc(F)ccc4C4CCOCC4)CC3)C2)C1. The lowest BCUT2D eigenvalue weighted by Gasteiger charge is -2.48. The highest BCUT2D eigenvalue weighted by Gasteiger charge is 2.51. The third-order valence-electron chi connectivity index (χ3n) is 8.58. The molecule has 5 nitrogen and oxygen atoms in total. The third-order valence-corrected chi connectivity index (χ3v) is 8.58. The summed E-state index contributed by atoms with van der Waals surface area (Å²) in [6.45, 7) is 11.3. The van der Waals surface area contributed by atoms with Gasteiger partial charge in [-0.2, -0.15) is 0 Å². The van der Waals surface area contributed by atoms with Crippen LogP contribution in [0.1, 0.15) is 88.7 Å². The predicted octanol–water partition coefficient (Wildman–Crippen LogP) is 5.69. The monoisotopic (exact) mass is 472 g/mol. The maximum atomic E-state index is 14.2. The third kappa shape index (κ3) is 5.13. The molecular formula is C28H41FN2O3. The molecule has 4 fully saturated rings. The zero-order chi connectivity index (χ0) is 23.9. The van der Waals surface area contributed by atoms with E-state index in [-0.39, 0.29) is 17.3 Å². The number of hydrogen-bond acceptors (Lipinski definition) is 4. The normalized spacial score (nSPS) is 26.6. The van der Waals surface area contributed by atoms with E-state index in [2.05, 4.69) is 4.90 Å². The first kappa shape index (κ1) is 24.1. The largest absolute Gasteiger partial charge is 0.444 e. The molecule has 0 bridgehead atoms. The number of benzene rings is 1. The highest BCUT2D eigenvalue weighted by molar-refractivity contribution is 5.69. The van der Waals surface area contributed by atoms with Crippen molar-refractivity contribution in [3.63, 3.8) is 0 Å². The average Bonchev–Trinajstić information content (AvgIpc) is 3.24. The van der Waals surface area contributed by atoms with Crippen LogP contribution in [-0.2, 0) is 9.47 Å². The fraction of sp³-hybridized carbons (Fsp3) is 0.750. The van der Waals surface area contributed by atoms with Crippen molar-refractivity contribution in [2.75, 3.05) is 39.4 Å². The minimum atomic E-state index is -0.436. The average molecular weight is 473 g/mol. The van der Waals surface area contributed by atoms with Crippen molar-refractivity contribution in [3.8, 4) is 0 Å². The summed E-state index contributed by atoms with van der Waals surface area (Å²) in [5, 5.41) is 0. The van der Waals surface area contributed by atoms with Gasteiger partial charge >= 0.3 is 6.09 Å². The van der Waals surface area contributed by atoms with Crippen LogP contribution in [0.4, 0.5) is 9.18 Å². The summed E-state index contributed by atoms with van der Waals surface area (Å²) in [7, 11) is 0. The van der Waals surface area contributed by atoms with Crippen LogP contribution >= 0.6 is 0 Å². The number of carbonyl (C=O) groups excluding carboxylic acids is 1. The molecule has 1 spiro atoms. The highest BCUT2D eigenvalue weighted by Crippen LogP contribution is 2.48. The van der Waals surface area contributed by atoms with E-state index in [1.165, 1.54) is 30.4 Å². The molecule has 0 unspecified atom stereocenters. The van der Waals surface area contributed by atoms with Crippen molar-refractivity contribution in [3.05, 3.63) is 35.1 Å². The first-order valence-electron chi connectivity index (χ1n) is 13.3. The number of amides is 1. The maximum absolute atomic E-state index is 14.2. The number of hydrogen-bond donors (Lipinski definition) is 0. The van der Waals surface area contributed by atoms with Gasteiger partial charge in [-0.15, -0.1) is 0 Å². The number of nitrogens with zero attached hydrogens (tertiary/aromatic N) is 2. The van der Waals surface area contributed by atoms with Crippen molar-refractivity contribution in [1.82, 2.24) is 9.80 Å². The Kier molecular flexibility index (Phi) is 6.66. The number of halogens is 1. The molecule has 5 rings (SSSR count). The second-order valence-corrected chi connectivity index (χ2v) is 12.2. The van der Waals surface area contributed by atoms with Crippen LogP contribution in [0.25, 0.3) is 0 Å². The molecule has 1 amide bonds. The number of ether oxygens (including phenoxy) is 2. The molecule has 3 aliphatic heterocycles. The Morgan fingerprint density at radius 2 is 1.71 bits per heavy atom. The second kappa shape index (κ2) is 9.42. The summed E-state index contributed by atoms with van der Waals surface area (Å²) >= 11 is 0. The molecular weight excluding hydrogens is 431 g/mol. The molecule has 0 radical (unpaired) electrons. The van der Waals surface area contributed by atoms with Crippen LogP contribution < -0.4 is 0 Å². The van der Waals surface area contributed by atoms with Crippen LogP contribution in [-0.4, -0.2) is 66.9 Å². The molecule has 6 heteroatoms. The van der Waals surface area contributed by atoms with E-state index in [0.717, 1.165) is 65.1 Å². The Balaban J connectivity index is 1.15. The summed E-state index contributed by atoms with van der Waals surface area (Å²) in [6.07, 6.45) is 7.74. The molecule has 1 atom stereocenters. The van der Waals surface area contributed by atoms with Gasteiger partial charge in [0.1, 0.15) is 11.4 Å². The Morgan fingerprint density at radius 3 is 2.38 bits per heavy atom. The number of likely N-dealkylation sites (tertiary alicyclic amines) is 2. The Morgan fingerprint density at radius 1 is 1.03 bits per heavy atom. The van der Waals surface area contributed by atoms with Gasteiger partial charge in [-0.05, 0) is 114 Å². The fourth-order valence-corrected chi connectivity index (χ4v) is 6.85. The molecule has 1 aromatic carbocycles. The van der Waals surface area contributed by atoms with Crippen LogP contribution in [0.3, 0.4) is 0 Å². The smallest absolute Gasteiger partial charge is 0.410 e. The molecule has 1 saturated carbocycles. The molecule has 188 valence electrons. The van der Waals surface area contributed by atoms with E-state index in [1.807, 2.05) is 37.8 Å². The Bertz CT molecular complexity index is 878. The minimum absolute atomic E-state index is 0.106. The standard InChI is InChI=1S/C28H41FN2O3/c1-27(2,3)34-26(32)31-18-28(19-31)11-6-23(17-28)30-12-7-20(8-13-30)25-16-22(29)4-5-24(25)21-9-14-33-15-10-21/h4-5,16,20-21,23H,6-15,17-19H2,1-3H3/t23-/m1/s1. The van der Waals surface area contributed by atoms with Gasteiger partial charge in [0.2, 0.25) is 0 Å². The molecule has 34 heavy (non-hydrogen) atoms. The summed E-state index contributed by atoms with van der Waals surface area (Å²) in [5.41, 5.74) is 2.47. The van der Waals surface area contributed by atoms with Gasteiger partial charge in [-0.3, -0.25) is 0 Å². The van der Waals surface area contributed by atoms with Crippen LogP contribution in [0, 0.1) is 11.2 Å². The van der Waals surface area contributed by atoms with Crippen LogP contribution in [0.5, 0.6) is 0 Å². The van der Waals surface area contributed by atoms with Crippen molar-refractivity contribution < 1.29 is 18.7 Å². The van der Waals surface area contributed by atoms with Gasteiger partial charge in [-0.1, -0.05) is 6.07 Å². The van der Waals surface area contributed by atoms with Crippen molar-refractivity contribution in [2.45, 2.75) is 89.2 Å². The van der Waals surface area contributed by atoms with Crippen molar-refractivity contribution in [2.24, 2.45) is 5.41 Å². The van der Waals surface area contributed by atoms with E-state index in [9.17, 15) is 9.18 Å². The predicted molar refractivity (Wildman–Crippen MR) is 131 cm³/mol. The zero-order valence-corrected chi connectivity index (χ0v) is 21.2. The Labute approximate surface area is 204 Å². The quantitative estimate of drug-likeness (QED) is 0.567. The lowest BCUT2D eigenvalue weighted by molar-refractivity contribution is -0.0347. The van der Waals surface area contributed by atoms with Gasteiger partial charge < -0.3 is 19.3 Å². The highest BCUT2D eigenvalue weighted by atomic mass is 19.1. The topological polar surface area (TPSA) is 42.0 Å². The lowest BCUT2D eigenvalue weighted by Crippen LogP contribution is -2.58.